The summed E-state index contributed by atoms with van der Waals surface area (Å²) in [5.74, 6) is -8.44. The van der Waals surface area contributed by atoms with Crippen molar-refractivity contribution in [1.82, 2.24) is 0 Å². The van der Waals surface area contributed by atoms with Crippen LogP contribution < -0.4 is 0 Å². The smallest absolute Gasteiger partial charge is 0.341 e. The fourth-order valence-corrected chi connectivity index (χ4v) is 5.24. The summed E-state index contributed by atoms with van der Waals surface area (Å²) in [7, 11) is 0. The van der Waals surface area contributed by atoms with Gasteiger partial charge in [-0.25, -0.2) is 26.7 Å². The number of carboxylic acids is 1. The summed E-state index contributed by atoms with van der Waals surface area (Å²) in [5.41, 5.74) is -0.862. The second kappa shape index (κ2) is 10.8. The van der Waals surface area contributed by atoms with Gasteiger partial charge in [-0.3, -0.25) is 0 Å². The second-order valence-corrected chi connectivity index (χ2v) is 9.51. The zero-order valence-electron chi connectivity index (χ0n) is 19.9. The van der Waals surface area contributed by atoms with E-state index in [4.69, 9.17) is 0 Å². The highest BCUT2D eigenvalue weighted by Crippen LogP contribution is 2.41. The zero-order valence-corrected chi connectivity index (χ0v) is 19.9. The van der Waals surface area contributed by atoms with Crippen molar-refractivity contribution in [3.8, 4) is 22.3 Å². The third kappa shape index (κ3) is 5.15. The normalized spacial score (nSPS) is 17.8. The molecule has 0 radical (unpaired) electrons. The van der Waals surface area contributed by atoms with E-state index in [0.717, 1.165) is 43.2 Å². The standard InChI is InChI=1S/C29H27F5O2/c1-2-3-4-16-5-7-17(8-6-16)18-9-11-19(12-10-18)21-15-22(30)26(29(35)36)28(34)25(21)20-13-23(31)27(33)24(32)14-20/h9-17H,2-8H2,1H3,(H,35,36). The minimum atomic E-state index is -1.87. The fourth-order valence-electron chi connectivity index (χ4n) is 5.24. The van der Waals surface area contributed by atoms with E-state index in [1.54, 1.807) is 12.1 Å². The van der Waals surface area contributed by atoms with E-state index in [2.05, 4.69) is 6.92 Å². The Kier molecular flexibility index (Phi) is 7.76. The topological polar surface area (TPSA) is 37.3 Å². The predicted octanol–water partition coefficient (Wildman–Crippen LogP) is 8.88. The first kappa shape index (κ1) is 25.9. The summed E-state index contributed by atoms with van der Waals surface area (Å²) in [6.45, 7) is 2.19. The molecule has 1 saturated carbocycles. The number of halogens is 5. The molecule has 1 N–H and O–H groups in total. The molecule has 4 rings (SSSR count). The third-order valence-electron chi connectivity index (χ3n) is 7.21. The van der Waals surface area contributed by atoms with Crippen LogP contribution in [-0.2, 0) is 0 Å². The van der Waals surface area contributed by atoms with E-state index < -0.39 is 51.7 Å². The van der Waals surface area contributed by atoms with Crippen LogP contribution in [0.1, 0.15) is 73.7 Å². The van der Waals surface area contributed by atoms with Crippen molar-refractivity contribution in [3.63, 3.8) is 0 Å². The lowest BCUT2D eigenvalue weighted by atomic mass is 9.77. The van der Waals surface area contributed by atoms with Crippen LogP contribution in [0.25, 0.3) is 22.3 Å². The molecule has 0 aromatic heterocycles. The first-order valence-corrected chi connectivity index (χ1v) is 12.2. The number of hydrogen-bond acceptors (Lipinski definition) is 1. The Bertz CT molecular complexity index is 1240. The quantitative estimate of drug-likeness (QED) is 0.259. The Morgan fingerprint density at radius 1 is 0.833 bits per heavy atom. The molecule has 0 aliphatic heterocycles. The van der Waals surface area contributed by atoms with E-state index >= 15 is 4.39 Å². The van der Waals surface area contributed by atoms with Crippen LogP contribution in [0.4, 0.5) is 22.0 Å². The van der Waals surface area contributed by atoms with Crippen molar-refractivity contribution in [1.29, 1.82) is 0 Å². The van der Waals surface area contributed by atoms with Crippen LogP contribution in [0.2, 0.25) is 0 Å². The molecule has 1 aliphatic carbocycles. The molecule has 0 atom stereocenters. The number of hydrogen-bond donors (Lipinski definition) is 1. The molecule has 0 bridgehead atoms. The first-order valence-electron chi connectivity index (χ1n) is 12.2. The van der Waals surface area contributed by atoms with Crippen molar-refractivity contribution in [2.75, 3.05) is 0 Å². The molecule has 3 aromatic carbocycles. The molecule has 0 heterocycles. The van der Waals surface area contributed by atoms with E-state index in [9.17, 15) is 27.5 Å². The van der Waals surface area contributed by atoms with E-state index in [1.165, 1.54) is 19.3 Å². The van der Waals surface area contributed by atoms with E-state index in [-0.39, 0.29) is 5.56 Å². The highest BCUT2D eigenvalue weighted by Gasteiger charge is 2.27. The monoisotopic (exact) mass is 502 g/mol. The molecule has 1 aliphatic rings. The van der Waals surface area contributed by atoms with E-state index in [0.29, 0.717) is 23.6 Å². The van der Waals surface area contributed by atoms with Gasteiger partial charge in [0.15, 0.2) is 17.5 Å². The molecule has 0 spiro atoms. The van der Waals surface area contributed by atoms with Crippen LogP contribution in [0.5, 0.6) is 0 Å². The Labute approximate surface area is 206 Å². The Morgan fingerprint density at radius 2 is 1.44 bits per heavy atom. The van der Waals surface area contributed by atoms with E-state index in [1.807, 2.05) is 12.1 Å². The summed E-state index contributed by atoms with van der Waals surface area (Å²) in [6.07, 6.45) is 8.11. The van der Waals surface area contributed by atoms with Crippen LogP contribution in [0.15, 0.2) is 42.5 Å². The minimum absolute atomic E-state index is 0.0877. The average molecular weight is 503 g/mol. The molecule has 0 unspecified atom stereocenters. The van der Waals surface area contributed by atoms with Gasteiger partial charge in [-0.1, -0.05) is 50.5 Å². The van der Waals surface area contributed by atoms with Gasteiger partial charge in [0.05, 0.1) is 0 Å². The molecular formula is C29H27F5O2. The molecule has 3 aromatic rings. The summed E-state index contributed by atoms with van der Waals surface area (Å²) < 4.78 is 71.4. The maximum Gasteiger partial charge on any atom is 0.341 e. The van der Waals surface area contributed by atoms with Gasteiger partial charge in [-0.15, -0.1) is 0 Å². The van der Waals surface area contributed by atoms with Crippen molar-refractivity contribution >= 4 is 5.97 Å². The van der Waals surface area contributed by atoms with Gasteiger partial charge >= 0.3 is 5.97 Å². The summed E-state index contributed by atoms with van der Waals surface area (Å²) in [4.78, 5) is 11.5. The van der Waals surface area contributed by atoms with Crippen molar-refractivity contribution in [3.05, 3.63) is 82.7 Å². The number of rotatable bonds is 7. The number of carbonyl (C=O) groups is 1. The summed E-state index contributed by atoms with van der Waals surface area (Å²) in [6, 6.07) is 9.00. The number of benzene rings is 3. The lowest BCUT2D eigenvalue weighted by molar-refractivity contribution is 0.0686. The lowest BCUT2D eigenvalue weighted by Gasteiger charge is -2.29. The van der Waals surface area contributed by atoms with Crippen LogP contribution in [-0.4, -0.2) is 11.1 Å². The van der Waals surface area contributed by atoms with Gasteiger partial charge in [0.1, 0.15) is 17.2 Å². The second-order valence-electron chi connectivity index (χ2n) is 9.51. The van der Waals surface area contributed by atoms with Gasteiger partial charge in [0, 0.05) is 5.56 Å². The van der Waals surface area contributed by atoms with Crippen LogP contribution in [0.3, 0.4) is 0 Å². The lowest BCUT2D eigenvalue weighted by Crippen LogP contribution is -2.13. The van der Waals surface area contributed by atoms with Gasteiger partial charge in [-0.05, 0) is 78.0 Å². The largest absolute Gasteiger partial charge is 0.477 e. The molecule has 190 valence electrons. The van der Waals surface area contributed by atoms with Crippen molar-refractivity contribution in [2.45, 2.75) is 57.8 Å². The van der Waals surface area contributed by atoms with Gasteiger partial charge in [-0.2, -0.15) is 0 Å². The maximum atomic E-state index is 15.3. The third-order valence-corrected chi connectivity index (χ3v) is 7.21. The molecule has 0 saturated heterocycles. The van der Waals surface area contributed by atoms with Gasteiger partial charge in [0.25, 0.3) is 0 Å². The maximum absolute atomic E-state index is 15.3. The SMILES string of the molecule is CCCCC1CCC(c2ccc(-c3cc(F)c(C(=O)O)c(F)c3-c3cc(F)c(F)c(F)c3)cc2)CC1. The minimum Gasteiger partial charge on any atom is -0.477 e. The van der Waals surface area contributed by atoms with Crippen molar-refractivity contribution in [2.24, 2.45) is 5.92 Å². The van der Waals surface area contributed by atoms with Crippen LogP contribution in [0, 0.1) is 35.0 Å². The van der Waals surface area contributed by atoms with Crippen LogP contribution >= 0.6 is 0 Å². The number of unbranched alkanes of at least 4 members (excludes halogenated alkanes) is 1. The molecule has 2 nitrogen and oxygen atoms in total. The Hall–Kier alpha value is -3.22. The molecular weight excluding hydrogens is 475 g/mol. The fraction of sp³-hybridized carbons (Fsp3) is 0.345. The highest BCUT2D eigenvalue weighted by atomic mass is 19.2. The molecule has 1 fully saturated rings. The summed E-state index contributed by atoms with van der Waals surface area (Å²) >= 11 is 0. The molecule has 7 heteroatoms. The Balaban J connectivity index is 1.72. The van der Waals surface area contributed by atoms with Crippen molar-refractivity contribution < 1.29 is 31.9 Å². The number of aromatic carboxylic acids is 1. The first-order chi connectivity index (χ1) is 17.2. The molecule has 36 heavy (non-hydrogen) atoms. The van der Waals surface area contributed by atoms with Gasteiger partial charge in [0.2, 0.25) is 0 Å². The Morgan fingerprint density at radius 3 is 2.00 bits per heavy atom. The molecule has 0 amide bonds. The average Bonchev–Trinajstić information content (AvgIpc) is 2.85. The zero-order chi connectivity index (χ0) is 26.0. The van der Waals surface area contributed by atoms with Gasteiger partial charge < -0.3 is 5.11 Å². The highest BCUT2D eigenvalue weighted by molar-refractivity contribution is 5.94. The summed E-state index contributed by atoms with van der Waals surface area (Å²) in [5, 5.41) is 9.29. The predicted molar refractivity (Wildman–Crippen MR) is 128 cm³/mol. The number of carboxylic acid groups (broad SMARTS) is 1.